The third-order valence-corrected chi connectivity index (χ3v) is 15.0. The Morgan fingerprint density at radius 3 is 2.43 bits per heavy atom. The molecule has 0 radical (unpaired) electrons. The number of aliphatic hydroxyl groups is 6. The molecule has 5 saturated heterocycles. The minimum absolute atomic E-state index is 0.0348. The normalized spacial score (nSPS) is 56.3. The van der Waals surface area contributed by atoms with E-state index in [1.165, 1.54) is 30.9 Å². The summed E-state index contributed by atoms with van der Waals surface area (Å²) in [5, 5.41) is 62.9. The van der Waals surface area contributed by atoms with E-state index in [1.54, 1.807) is 0 Å². The fourth-order valence-electron chi connectivity index (χ4n) is 12.4. The van der Waals surface area contributed by atoms with Crippen molar-refractivity contribution >= 4 is 0 Å². The molecule has 21 unspecified atom stereocenters. The van der Waals surface area contributed by atoms with Gasteiger partial charge in [0, 0.05) is 11.3 Å². The Hall–Kier alpha value is -1.00. The summed E-state index contributed by atoms with van der Waals surface area (Å²) in [6.45, 7) is 11.0. The highest BCUT2D eigenvalue weighted by molar-refractivity contribution is 5.27. The Morgan fingerprint density at radius 2 is 1.69 bits per heavy atom. The van der Waals surface area contributed by atoms with Crippen LogP contribution in [0.15, 0.2) is 23.3 Å². The van der Waals surface area contributed by atoms with Gasteiger partial charge >= 0.3 is 0 Å². The Kier molecular flexibility index (Phi) is 9.88. The fraction of sp³-hybridized carbons (Fsp3) is 0.897. The van der Waals surface area contributed by atoms with E-state index in [9.17, 15) is 30.6 Å². The summed E-state index contributed by atoms with van der Waals surface area (Å²) in [6, 6.07) is 0. The van der Waals surface area contributed by atoms with Crippen molar-refractivity contribution in [3.05, 3.63) is 23.3 Å². The van der Waals surface area contributed by atoms with Crippen molar-refractivity contribution < 1.29 is 59.1 Å². The minimum Gasteiger partial charge on any atom is -0.394 e. The van der Waals surface area contributed by atoms with Crippen molar-refractivity contribution in [3.8, 4) is 0 Å². The molecule has 21 atom stereocenters. The van der Waals surface area contributed by atoms with Gasteiger partial charge in [-0.1, -0.05) is 37.1 Å². The molecule has 51 heavy (non-hydrogen) atoms. The third-order valence-electron chi connectivity index (χ3n) is 15.0. The predicted octanol–water partition coefficient (Wildman–Crippen LogP) is 2.17. The van der Waals surface area contributed by atoms with Gasteiger partial charge in [0.25, 0.3) is 0 Å². The van der Waals surface area contributed by atoms with E-state index in [2.05, 4.69) is 39.8 Å². The Balaban J connectivity index is 0.987. The van der Waals surface area contributed by atoms with Gasteiger partial charge in [0.05, 0.1) is 31.5 Å². The topological polar surface area (TPSA) is 177 Å². The number of ether oxygens (including phenoxy) is 6. The van der Waals surface area contributed by atoms with Crippen LogP contribution in [0.5, 0.6) is 0 Å². The lowest BCUT2D eigenvalue weighted by molar-refractivity contribution is -0.369. The quantitative estimate of drug-likeness (QED) is 0.221. The Labute approximate surface area is 301 Å². The average Bonchev–Trinajstić information content (AvgIpc) is 3.29. The lowest BCUT2D eigenvalue weighted by Gasteiger charge is -2.59. The van der Waals surface area contributed by atoms with E-state index in [1.807, 2.05) is 0 Å². The largest absolute Gasteiger partial charge is 0.394 e. The molecule has 8 fully saturated rings. The van der Waals surface area contributed by atoms with Crippen molar-refractivity contribution in [1.29, 1.82) is 0 Å². The first-order valence-electron chi connectivity index (χ1n) is 19.5. The standard InChI is InChI=1S/C39H60O12/c1-17(2)12-23-18(3)28-26-14-25-22-7-6-20-13-21(8-10-38(20,5)24(22)9-11-39(25,28)16-46-35(23)49-26)48-37-34(32(44)30(42)27(15-40)50-37)51-36-33(45)31(43)29(41)19(4)47-36/h6,12,18-19,21-37,40-45H,7-11,13-16H2,1-5H3. The number of rotatable bonds is 6. The molecule has 0 aromatic heterocycles. The minimum atomic E-state index is -1.61. The van der Waals surface area contributed by atoms with Crippen molar-refractivity contribution in [1.82, 2.24) is 0 Å². The molecule has 9 aliphatic rings. The maximum absolute atomic E-state index is 11.1. The number of allylic oxidation sites excluding steroid dienone is 2. The van der Waals surface area contributed by atoms with Gasteiger partial charge in [-0.3, -0.25) is 0 Å². The molecular formula is C39H60O12. The van der Waals surface area contributed by atoms with E-state index < -0.39 is 68.0 Å². The maximum Gasteiger partial charge on any atom is 0.187 e. The third kappa shape index (κ3) is 5.85. The number of fused-ring (bicyclic) bond motifs is 6. The van der Waals surface area contributed by atoms with Gasteiger partial charge in [-0.15, -0.1) is 0 Å². The Bertz CT molecular complexity index is 1350. The molecule has 288 valence electrons. The average molecular weight is 721 g/mol. The van der Waals surface area contributed by atoms with Gasteiger partial charge in [-0.25, -0.2) is 0 Å². The molecule has 5 heterocycles. The van der Waals surface area contributed by atoms with Crippen LogP contribution in [0.25, 0.3) is 0 Å². The monoisotopic (exact) mass is 720 g/mol. The molecule has 12 heteroatoms. The van der Waals surface area contributed by atoms with Crippen LogP contribution in [0.4, 0.5) is 0 Å². The van der Waals surface area contributed by atoms with Gasteiger partial charge in [0.2, 0.25) is 0 Å². The van der Waals surface area contributed by atoms with Gasteiger partial charge in [-0.05, 0) is 101 Å². The SMILES string of the molecule is CC(C)=CC1C2OCC34CCC5C(CC=C6CC(OC7OC(CO)C(O)C(O)C7OC7OC(C)C(O)C(O)C7O)CCC65C)C3CC(O2)C4C1C. The van der Waals surface area contributed by atoms with Crippen LogP contribution in [-0.4, -0.2) is 124 Å². The van der Waals surface area contributed by atoms with E-state index in [0.717, 1.165) is 32.3 Å². The van der Waals surface area contributed by atoms with Crippen molar-refractivity contribution in [2.24, 2.45) is 46.3 Å². The summed E-state index contributed by atoms with van der Waals surface area (Å²) < 4.78 is 37.6. The zero-order valence-corrected chi connectivity index (χ0v) is 30.6. The molecule has 0 aromatic carbocycles. The summed E-state index contributed by atoms with van der Waals surface area (Å²) in [6.07, 6.45) is -1.79. The zero-order chi connectivity index (χ0) is 36.1. The van der Waals surface area contributed by atoms with Gasteiger partial charge in [0.15, 0.2) is 18.9 Å². The van der Waals surface area contributed by atoms with Crippen molar-refractivity contribution in [2.75, 3.05) is 13.2 Å². The molecular weight excluding hydrogens is 660 g/mol. The Morgan fingerprint density at radius 1 is 0.902 bits per heavy atom. The highest BCUT2D eigenvalue weighted by atomic mass is 16.8. The molecule has 3 saturated carbocycles. The molecule has 0 aromatic rings. The highest BCUT2D eigenvalue weighted by Crippen LogP contribution is 2.70. The summed E-state index contributed by atoms with van der Waals surface area (Å²) in [7, 11) is 0. The molecule has 4 aliphatic carbocycles. The number of aliphatic hydroxyl groups excluding tert-OH is 6. The molecule has 6 N–H and O–H groups in total. The maximum atomic E-state index is 11.1. The summed E-state index contributed by atoms with van der Waals surface area (Å²) >= 11 is 0. The summed E-state index contributed by atoms with van der Waals surface area (Å²) in [5.41, 5.74) is 2.91. The van der Waals surface area contributed by atoms with Crippen LogP contribution >= 0.6 is 0 Å². The van der Waals surface area contributed by atoms with Crippen LogP contribution in [0, 0.1) is 46.3 Å². The first kappa shape index (κ1) is 36.9. The molecule has 12 nitrogen and oxygen atoms in total. The van der Waals surface area contributed by atoms with Crippen LogP contribution < -0.4 is 0 Å². The van der Waals surface area contributed by atoms with Crippen molar-refractivity contribution in [2.45, 2.75) is 159 Å². The zero-order valence-electron chi connectivity index (χ0n) is 30.6. The smallest absolute Gasteiger partial charge is 0.187 e. The van der Waals surface area contributed by atoms with Crippen LogP contribution in [-0.2, 0) is 28.4 Å². The van der Waals surface area contributed by atoms with Crippen LogP contribution in [0.1, 0.15) is 79.6 Å². The fourth-order valence-corrected chi connectivity index (χ4v) is 12.4. The molecule has 5 aliphatic heterocycles. The molecule has 9 rings (SSSR count). The summed E-state index contributed by atoms with van der Waals surface area (Å²) in [4.78, 5) is 0. The highest BCUT2D eigenvalue weighted by Gasteiger charge is 2.68. The van der Waals surface area contributed by atoms with E-state index >= 15 is 0 Å². The van der Waals surface area contributed by atoms with Gasteiger partial charge in [-0.2, -0.15) is 0 Å². The van der Waals surface area contributed by atoms with E-state index in [0.29, 0.717) is 41.9 Å². The van der Waals surface area contributed by atoms with Gasteiger partial charge < -0.3 is 59.1 Å². The second-order valence-electron chi connectivity index (χ2n) is 17.8. The first-order valence-corrected chi connectivity index (χ1v) is 19.5. The first-order chi connectivity index (χ1) is 24.3. The van der Waals surface area contributed by atoms with Crippen LogP contribution in [0.2, 0.25) is 0 Å². The lowest BCUT2D eigenvalue weighted by Crippen LogP contribution is -2.64. The molecule has 4 bridgehead atoms. The van der Waals surface area contributed by atoms with E-state index in [-0.39, 0.29) is 29.3 Å². The van der Waals surface area contributed by atoms with Crippen molar-refractivity contribution in [3.63, 3.8) is 0 Å². The second-order valence-corrected chi connectivity index (χ2v) is 17.8. The summed E-state index contributed by atoms with van der Waals surface area (Å²) in [5.74, 6) is 3.05. The molecule has 0 amide bonds. The number of hydrogen-bond acceptors (Lipinski definition) is 12. The second kappa shape index (κ2) is 13.6. The lowest BCUT2D eigenvalue weighted by atomic mass is 9.46. The molecule has 1 spiro atoms. The van der Waals surface area contributed by atoms with Gasteiger partial charge in [0.1, 0.15) is 42.7 Å². The predicted molar refractivity (Wildman–Crippen MR) is 181 cm³/mol. The van der Waals surface area contributed by atoms with Crippen LogP contribution in [0.3, 0.4) is 0 Å². The van der Waals surface area contributed by atoms with E-state index in [4.69, 9.17) is 28.4 Å². The number of hydrogen-bond donors (Lipinski definition) is 6.